The van der Waals surface area contributed by atoms with E-state index in [-0.39, 0.29) is 23.5 Å². The minimum atomic E-state index is -1.02. The number of nitrogens with one attached hydrogen (secondary N) is 2. The van der Waals surface area contributed by atoms with E-state index < -0.39 is 23.2 Å². The zero-order valence-electron chi connectivity index (χ0n) is 16.0. The number of piperazine rings is 1. The predicted molar refractivity (Wildman–Crippen MR) is 98.4 cm³/mol. The first-order valence-corrected chi connectivity index (χ1v) is 9.53. The van der Waals surface area contributed by atoms with Gasteiger partial charge in [-0.15, -0.1) is 0 Å². The number of hydrogen-bond acceptors (Lipinski definition) is 5. The molecule has 0 aromatic heterocycles. The quantitative estimate of drug-likeness (QED) is 0.729. The number of anilines is 1. The van der Waals surface area contributed by atoms with Crippen LogP contribution >= 0.6 is 0 Å². The van der Waals surface area contributed by atoms with Gasteiger partial charge in [0, 0.05) is 49.9 Å². The maximum atomic E-state index is 13.8. The van der Waals surface area contributed by atoms with Crippen molar-refractivity contribution in [2.75, 3.05) is 38.2 Å². The second-order valence-corrected chi connectivity index (χ2v) is 7.69. The van der Waals surface area contributed by atoms with E-state index >= 15 is 0 Å². The molecule has 2 heterocycles. The Balaban J connectivity index is 1.38. The van der Waals surface area contributed by atoms with Crippen molar-refractivity contribution in [3.8, 4) is 5.75 Å². The summed E-state index contributed by atoms with van der Waals surface area (Å²) in [6.45, 7) is 1.80. The monoisotopic (exact) mass is 408 g/mol. The Morgan fingerprint density at radius 1 is 1.21 bits per heavy atom. The lowest BCUT2D eigenvalue weighted by Crippen LogP contribution is -2.51. The molecule has 10 heteroatoms. The van der Waals surface area contributed by atoms with E-state index in [9.17, 15) is 23.2 Å². The Labute approximate surface area is 166 Å². The van der Waals surface area contributed by atoms with Crippen molar-refractivity contribution in [1.29, 1.82) is 0 Å². The third-order valence-electron chi connectivity index (χ3n) is 6.03. The van der Waals surface area contributed by atoms with Crippen molar-refractivity contribution >= 4 is 23.5 Å². The summed E-state index contributed by atoms with van der Waals surface area (Å²) in [5.74, 6) is -2.90. The van der Waals surface area contributed by atoms with Gasteiger partial charge in [-0.25, -0.2) is 9.18 Å². The molecule has 2 saturated heterocycles. The summed E-state index contributed by atoms with van der Waals surface area (Å²) in [5, 5.41) is 4.90. The van der Waals surface area contributed by atoms with Gasteiger partial charge in [0.05, 0.1) is 7.11 Å². The number of carbonyl (C=O) groups is 3. The van der Waals surface area contributed by atoms with Gasteiger partial charge in [0.1, 0.15) is 5.54 Å². The first-order chi connectivity index (χ1) is 13.8. The van der Waals surface area contributed by atoms with Gasteiger partial charge in [-0.2, -0.15) is 4.39 Å². The molecular formula is C19H22F2N4O4. The Hall–Kier alpha value is -2.91. The lowest BCUT2D eigenvalue weighted by Gasteiger charge is -2.37. The molecule has 2 N–H and O–H groups in total. The maximum Gasteiger partial charge on any atom is 0.322 e. The first kappa shape index (κ1) is 19.4. The fourth-order valence-electron chi connectivity index (χ4n) is 4.43. The lowest BCUT2D eigenvalue weighted by molar-refractivity contribution is -0.135. The molecule has 8 nitrogen and oxygen atoms in total. The zero-order valence-corrected chi connectivity index (χ0v) is 16.0. The highest BCUT2D eigenvalue weighted by Gasteiger charge is 2.53. The summed E-state index contributed by atoms with van der Waals surface area (Å²) in [7, 11) is 1.28. The van der Waals surface area contributed by atoms with Gasteiger partial charge in [0.25, 0.3) is 5.91 Å². The van der Waals surface area contributed by atoms with Crippen LogP contribution in [0.2, 0.25) is 0 Å². The van der Waals surface area contributed by atoms with Crippen LogP contribution in [-0.4, -0.2) is 61.6 Å². The number of ether oxygens (including phenoxy) is 1. The van der Waals surface area contributed by atoms with E-state index in [0.717, 1.165) is 6.07 Å². The molecule has 4 rings (SSSR count). The second kappa shape index (κ2) is 7.16. The second-order valence-electron chi connectivity index (χ2n) is 7.69. The molecule has 156 valence electrons. The Bertz CT molecular complexity index is 872. The van der Waals surface area contributed by atoms with Crippen LogP contribution in [0.3, 0.4) is 0 Å². The molecule has 0 unspecified atom stereocenters. The molecule has 1 spiro atoms. The van der Waals surface area contributed by atoms with Crippen LogP contribution in [0.25, 0.3) is 0 Å². The number of rotatable bonds is 3. The van der Waals surface area contributed by atoms with E-state index in [4.69, 9.17) is 4.74 Å². The van der Waals surface area contributed by atoms with E-state index in [1.807, 2.05) is 4.90 Å². The minimum absolute atomic E-state index is 0.0432. The van der Waals surface area contributed by atoms with Gasteiger partial charge >= 0.3 is 6.03 Å². The molecule has 1 saturated carbocycles. The molecule has 0 bridgehead atoms. The Morgan fingerprint density at radius 2 is 1.93 bits per heavy atom. The standard InChI is InChI=1S/C19H22F2N4O4/c1-29-14-9-12(8-13(20)15(14)21)24-4-6-25(7-5-24)16(26)11-2-3-19(10-11)17(27)22-18(28)23-19/h8-9,11H,2-7,10H2,1H3,(H2,22,23,27,28)/t11-,19+/m0/s1. The molecule has 1 aromatic carbocycles. The molecule has 3 fully saturated rings. The number of nitrogens with zero attached hydrogens (tertiary/aromatic N) is 2. The molecule has 4 amide bonds. The van der Waals surface area contributed by atoms with Gasteiger partial charge in [-0.05, 0) is 19.3 Å². The van der Waals surface area contributed by atoms with Gasteiger partial charge in [0.2, 0.25) is 11.7 Å². The van der Waals surface area contributed by atoms with E-state index in [0.29, 0.717) is 51.1 Å². The summed E-state index contributed by atoms with van der Waals surface area (Å²) in [6.07, 6.45) is 1.27. The predicted octanol–water partition coefficient (Wildman–Crippen LogP) is 1.00. The van der Waals surface area contributed by atoms with Gasteiger partial charge in [-0.3, -0.25) is 14.9 Å². The number of urea groups is 1. The Morgan fingerprint density at radius 3 is 2.55 bits per heavy atom. The van der Waals surface area contributed by atoms with Crippen molar-refractivity contribution in [2.24, 2.45) is 5.92 Å². The highest BCUT2D eigenvalue weighted by Crippen LogP contribution is 2.38. The number of hydrogen-bond donors (Lipinski definition) is 2. The maximum absolute atomic E-state index is 13.8. The molecule has 3 aliphatic rings. The molecule has 29 heavy (non-hydrogen) atoms. The molecule has 1 aliphatic carbocycles. The van der Waals surface area contributed by atoms with Crippen LogP contribution in [-0.2, 0) is 9.59 Å². The van der Waals surface area contributed by atoms with E-state index in [2.05, 4.69) is 10.6 Å². The smallest absolute Gasteiger partial charge is 0.322 e. The number of benzene rings is 1. The fourth-order valence-corrected chi connectivity index (χ4v) is 4.43. The first-order valence-electron chi connectivity index (χ1n) is 9.53. The van der Waals surface area contributed by atoms with Gasteiger partial charge in [0.15, 0.2) is 11.6 Å². The fraction of sp³-hybridized carbons (Fsp3) is 0.526. The highest BCUT2D eigenvalue weighted by molar-refractivity contribution is 6.07. The minimum Gasteiger partial charge on any atom is -0.493 e. The third kappa shape index (κ3) is 3.36. The lowest BCUT2D eigenvalue weighted by atomic mass is 9.95. The summed E-state index contributed by atoms with van der Waals surface area (Å²) in [4.78, 5) is 40.0. The molecule has 2 atom stereocenters. The molecule has 1 aromatic rings. The topological polar surface area (TPSA) is 91.0 Å². The van der Waals surface area contributed by atoms with E-state index in [1.54, 1.807) is 4.90 Å². The van der Waals surface area contributed by atoms with Crippen LogP contribution in [0.4, 0.5) is 19.3 Å². The number of halogens is 2. The van der Waals surface area contributed by atoms with Gasteiger partial charge < -0.3 is 19.9 Å². The van der Waals surface area contributed by atoms with Crippen molar-refractivity contribution in [1.82, 2.24) is 15.5 Å². The third-order valence-corrected chi connectivity index (χ3v) is 6.03. The molecule has 0 radical (unpaired) electrons. The highest BCUT2D eigenvalue weighted by atomic mass is 19.2. The van der Waals surface area contributed by atoms with Crippen molar-refractivity contribution in [2.45, 2.75) is 24.8 Å². The van der Waals surface area contributed by atoms with Crippen LogP contribution < -0.4 is 20.3 Å². The number of methoxy groups -OCH3 is 1. The number of amides is 4. The molecular weight excluding hydrogens is 386 g/mol. The number of imide groups is 1. The van der Waals surface area contributed by atoms with Crippen molar-refractivity contribution < 1.29 is 27.9 Å². The largest absolute Gasteiger partial charge is 0.493 e. The number of carbonyl (C=O) groups excluding carboxylic acids is 3. The summed E-state index contributed by atoms with van der Waals surface area (Å²) in [5.41, 5.74) is -0.473. The van der Waals surface area contributed by atoms with Crippen molar-refractivity contribution in [3.63, 3.8) is 0 Å². The van der Waals surface area contributed by atoms with E-state index in [1.165, 1.54) is 13.2 Å². The van der Waals surface area contributed by atoms with Crippen LogP contribution in [0.1, 0.15) is 19.3 Å². The van der Waals surface area contributed by atoms with Crippen molar-refractivity contribution in [3.05, 3.63) is 23.8 Å². The van der Waals surface area contributed by atoms with Crippen LogP contribution in [0, 0.1) is 17.6 Å². The van der Waals surface area contributed by atoms with Gasteiger partial charge in [-0.1, -0.05) is 0 Å². The van der Waals surface area contributed by atoms with Crippen LogP contribution in [0.5, 0.6) is 5.75 Å². The SMILES string of the molecule is COc1cc(N2CCN(C(=O)[C@H]3CC[C@]4(C3)NC(=O)NC4=O)CC2)cc(F)c1F. The van der Waals surface area contributed by atoms with Crippen LogP contribution in [0.15, 0.2) is 12.1 Å². The average Bonchev–Trinajstić information content (AvgIpc) is 3.26. The average molecular weight is 408 g/mol. The normalized spacial score (nSPS) is 26.7. The zero-order chi connectivity index (χ0) is 20.8. The molecule has 2 aliphatic heterocycles. The summed E-state index contributed by atoms with van der Waals surface area (Å²) < 4.78 is 32.3. The summed E-state index contributed by atoms with van der Waals surface area (Å²) in [6, 6.07) is 2.05. The Kier molecular flexibility index (Phi) is 4.79. The summed E-state index contributed by atoms with van der Waals surface area (Å²) >= 11 is 0.